The fourth-order valence-corrected chi connectivity index (χ4v) is 3.11. The fourth-order valence-electron chi connectivity index (χ4n) is 2.25. The predicted molar refractivity (Wildman–Crippen MR) is 98.9 cm³/mol. The third-order valence-corrected chi connectivity index (χ3v) is 4.55. The fraction of sp³-hybridized carbons (Fsp3) is 0.235. The van der Waals surface area contributed by atoms with Gasteiger partial charge in [-0.2, -0.15) is 0 Å². The molecule has 3 aromatic rings. The zero-order valence-corrected chi connectivity index (χ0v) is 15.2. The van der Waals surface area contributed by atoms with E-state index >= 15 is 0 Å². The number of hydrogen-bond donors (Lipinski definition) is 2. The highest BCUT2D eigenvalue weighted by molar-refractivity contribution is 7.99. The van der Waals surface area contributed by atoms with Crippen LogP contribution in [0.2, 0.25) is 5.02 Å². The summed E-state index contributed by atoms with van der Waals surface area (Å²) in [6.45, 7) is 0. The van der Waals surface area contributed by atoms with Crippen molar-refractivity contribution < 1.29 is 19.0 Å². The summed E-state index contributed by atoms with van der Waals surface area (Å²) in [7, 11) is 3.14. The largest absolute Gasteiger partial charge is 0.493 e. The molecule has 0 aliphatic carbocycles. The van der Waals surface area contributed by atoms with Gasteiger partial charge in [0.25, 0.3) is 5.22 Å². The van der Waals surface area contributed by atoms with Gasteiger partial charge in [-0.1, -0.05) is 23.4 Å². The molecule has 1 aromatic heterocycles. The van der Waals surface area contributed by atoms with Gasteiger partial charge in [-0.05, 0) is 30.3 Å². The lowest BCUT2D eigenvalue weighted by Crippen LogP contribution is -2.21. The molecule has 25 heavy (non-hydrogen) atoms. The van der Waals surface area contributed by atoms with Crippen LogP contribution in [0.4, 0.5) is 5.69 Å². The van der Waals surface area contributed by atoms with Crippen LogP contribution in [-0.2, 0) is 0 Å². The van der Waals surface area contributed by atoms with Crippen molar-refractivity contribution >= 4 is 40.1 Å². The number of aromatic nitrogens is 1. The maximum Gasteiger partial charge on any atom is 0.256 e. The SMILES string of the molecule is COc1ccc(NC(O)CSc2nc3cc(Cl)ccc3o2)cc1OC. The van der Waals surface area contributed by atoms with Crippen LogP contribution < -0.4 is 14.8 Å². The van der Waals surface area contributed by atoms with E-state index in [4.69, 9.17) is 25.5 Å². The van der Waals surface area contributed by atoms with Gasteiger partial charge in [-0.15, -0.1) is 0 Å². The molecule has 0 saturated heterocycles. The molecular formula is C17H17ClN2O4S. The number of hydrogen-bond acceptors (Lipinski definition) is 7. The first-order valence-corrected chi connectivity index (χ1v) is 8.81. The quantitative estimate of drug-likeness (QED) is 0.473. The minimum atomic E-state index is -0.790. The number of aliphatic hydroxyl groups is 1. The van der Waals surface area contributed by atoms with E-state index in [0.29, 0.717) is 38.6 Å². The van der Waals surface area contributed by atoms with Gasteiger partial charge in [0, 0.05) is 22.5 Å². The Morgan fingerprint density at radius 2 is 2.00 bits per heavy atom. The molecule has 0 aliphatic rings. The molecule has 0 aliphatic heterocycles. The van der Waals surface area contributed by atoms with E-state index in [0.717, 1.165) is 5.69 Å². The molecule has 2 aromatic carbocycles. The first kappa shape index (κ1) is 17.7. The molecule has 6 nitrogen and oxygen atoms in total. The first-order valence-electron chi connectivity index (χ1n) is 7.44. The average molecular weight is 381 g/mol. The summed E-state index contributed by atoms with van der Waals surface area (Å²) >= 11 is 7.24. The Morgan fingerprint density at radius 3 is 2.76 bits per heavy atom. The summed E-state index contributed by atoms with van der Waals surface area (Å²) in [5.74, 6) is 1.57. The van der Waals surface area contributed by atoms with E-state index in [1.807, 2.05) is 0 Å². The molecule has 3 rings (SSSR count). The molecule has 0 saturated carbocycles. The van der Waals surface area contributed by atoms with Crippen LogP contribution in [0.1, 0.15) is 0 Å². The van der Waals surface area contributed by atoms with Crippen molar-refractivity contribution in [1.82, 2.24) is 4.98 Å². The lowest BCUT2D eigenvalue weighted by Gasteiger charge is -2.15. The molecule has 1 atom stereocenters. The highest BCUT2D eigenvalue weighted by atomic mass is 35.5. The Bertz CT molecular complexity index is 871. The number of fused-ring (bicyclic) bond motifs is 1. The smallest absolute Gasteiger partial charge is 0.256 e. The number of ether oxygens (including phenoxy) is 2. The van der Waals surface area contributed by atoms with E-state index in [1.165, 1.54) is 11.8 Å². The maximum atomic E-state index is 10.2. The van der Waals surface area contributed by atoms with Crippen LogP contribution in [0.15, 0.2) is 46.0 Å². The van der Waals surface area contributed by atoms with E-state index in [-0.39, 0.29) is 0 Å². The summed E-state index contributed by atoms with van der Waals surface area (Å²) in [6, 6.07) is 10.6. The highest BCUT2D eigenvalue weighted by Gasteiger charge is 2.12. The molecule has 2 N–H and O–H groups in total. The Balaban J connectivity index is 1.61. The third kappa shape index (κ3) is 4.31. The number of methoxy groups -OCH3 is 2. The van der Waals surface area contributed by atoms with Crippen LogP contribution in [0.3, 0.4) is 0 Å². The van der Waals surface area contributed by atoms with Gasteiger partial charge in [0.1, 0.15) is 11.7 Å². The summed E-state index contributed by atoms with van der Waals surface area (Å²) in [5, 5.41) is 14.2. The van der Waals surface area contributed by atoms with E-state index in [9.17, 15) is 5.11 Å². The monoisotopic (exact) mass is 380 g/mol. The van der Waals surface area contributed by atoms with Gasteiger partial charge in [0.15, 0.2) is 17.1 Å². The minimum Gasteiger partial charge on any atom is -0.493 e. The molecule has 1 heterocycles. The lowest BCUT2D eigenvalue weighted by atomic mass is 10.2. The van der Waals surface area contributed by atoms with Crippen LogP contribution in [-0.4, -0.2) is 36.3 Å². The molecule has 0 bridgehead atoms. The second-order valence-corrected chi connectivity index (χ2v) is 6.54. The zero-order chi connectivity index (χ0) is 17.8. The summed E-state index contributed by atoms with van der Waals surface area (Å²) in [6.07, 6.45) is -0.790. The number of anilines is 1. The molecule has 0 radical (unpaired) electrons. The molecule has 132 valence electrons. The van der Waals surface area contributed by atoms with Crippen LogP contribution in [0.5, 0.6) is 11.5 Å². The Morgan fingerprint density at radius 1 is 1.20 bits per heavy atom. The van der Waals surface area contributed by atoms with Crippen LogP contribution in [0, 0.1) is 0 Å². The van der Waals surface area contributed by atoms with Crippen molar-refractivity contribution in [2.75, 3.05) is 25.3 Å². The molecule has 0 amide bonds. The summed E-state index contributed by atoms with van der Waals surface area (Å²) in [4.78, 5) is 4.34. The second kappa shape index (κ2) is 7.86. The zero-order valence-electron chi connectivity index (χ0n) is 13.7. The number of oxazole rings is 1. The average Bonchev–Trinajstić information content (AvgIpc) is 3.01. The minimum absolute atomic E-state index is 0.356. The van der Waals surface area contributed by atoms with Crippen molar-refractivity contribution in [3.8, 4) is 11.5 Å². The van der Waals surface area contributed by atoms with Crippen LogP contribution >= 0.6 is 23.4 Å². The third-order valence-electron chi connectivity index (χ3n) is 3.41. The number of nitrogens with one attached hydrogen (secondary N) is 1. The molecule has 0 spiro atoms. The van der Waals surface area contributed by atoms with E-state index < -0.39 is 6.23 Å². The van der Waals surface area contributed by atoms with E-state index in [1.54, 1.807) is 50.6 Å². The molecule has 0 fully saturated rings. The number of nitrogens with zero attached hydrogens (tertiary/aromatic N) is 1. The van der Waals surface area contributed by atoms with Crippen molar-refractivity contribution in [2.24, 2.45) is 0 Å². The Kier molecular flexibility index (Phi) is 5.57. The second-order valence-electron chi connectivity index (χ2n) is 5.13. The summed E-state index contributed by atoms with van der Waals surface area (Å²) < 4.78 is 16.0. The molecular weight excluding hydrogens is 364 g/mol. The highest BCUT2D eigenvalue weighted by Crippen LogP contribution is 2.30. The van der Waals surface area contributed by atoms with Gasteiger partial charge < -0.3 is 24.3 Å². The number of aliphatic hydroxyl groups excluding tert-OH is 1. The maximum absolute atomic E-state index is 10.2. The van der Waals surface area contributed by atoms with Gasteiger partial charge >= 0.3 is 0 Å². The number of halogens is 1. The molecule has 8 heteroatoms. The van der Waals surface area contributed by atoms with Crippen LogP contribution in [0.25, 0.3) is 11.1 Å². The van der Waals surface area contributed by atoms with Gasteiger partial charge in [-0.3, -0.25) is 0 Å². The lowest BCUT2D eigenvalue weighted by molar-refractivity contribution is 0.228. The normalized spacial score (nSPS) is 12.2. The Hall–Kier alpha value is -2.09. The number of benzene rings is 2. The topological polar surface area (TPSA) is 76.8 Å². The van der Waals surface area contributed by atoms with Gasteiger partial charge in [0.05, 0.1) is 14.2 Å². The predicted octanol–water partition coefficient (Wildman–Crippen LogP) is 4.02. The van der Waals surface area contributed by atoms with Crippen molar-refractivity contribution in [2.45, 2.75) is 11.5 Å². The standard InChI is InChI=1S/C17H17ClN2O4S/c1-22-14-6-4-11(8-15(14)23-2)19-16(21)9-25-17-20-12-7-10(18)3-5-13(12)24-17/h3-8,16,19,21H,9H2,1-2H3. The summed E-state index contributed by atoms with van der Waals surface area (Å²) in [5.41, 5.74) is 2.07. The first-order chi connectivity index (χ1) is 12.1. The van der Waals surface area contributed by atoms with Crippen molar-refractivity contribution in [3.05, 3.63) is 41.4 Å². The number of rotatable bonds is 7. The van der Waals surface area contributed by atoms with Crippen molar-refractivity contribution in [3.63, 3.8) is 0 Å². The Labute approximate surface area is 154 Å². The van der Waals surface area contributed by atoms with Gasteiger partial charge in [0.2, 0.25) is 0 Å². The van der Waals surface area contributed by atoms with E-state index in [2.05, 4.69) is 10.3 Å². The van der Waals surface area contributed by atoms with Gasteiger partial charge in [-0.25, -0.2) is 4.98 Å². The number of thioether (sulfide) groups is 1. The van der Waals surface area contributed by atoms with Crippen molar-refractivity contribution in [1.29, 1.82) is 0 Å². The molecule has 1 unspecified atom stereocenters.